The van der Waals surface area contributed by atoms with Gasteiger partial charge in [0, 0.05) is 18.0 Å². The van der Waals surface area contributed by atoms with Gasteiger partial charge in [-0.25, -0.2) is 13.2 Å². The largest absolute Gasteiger partial charge is 0.478 e. The van der Waals surface area contributed by atoms with E-state index < -0.39 is 21.4 Å². The van der Waals surface area contributed by atoms with Crippen molar-refractivity contribution in [2.75, 3.05) is 30.2 Å². The van der Waals surface area contributed by atoms with Gasteiger partial charge < -0.3 is 15.3 Å². The van der Waals surface area contributed by atoms with Gasteiger partial charge in [-0.15, -0.1) is 0 Å². The van der Waals surface area contributed by atoms with Crippen molar-refractivity contribution in [1.82, 2.24) is 4.90 Å². The van der Waals surface area contributed by atoms with Crippen molar-refractivity contribution in [2.24, 2.45) is 0 Å². The zero-order valence-electron chi connectivity index (χ0n) is 20.0. The Morgan fingerprint density at radius 2 is 1.94 bits per heavy atom. The minimum absolute atomic E-state index is 0.00476. The average Bonchev–Trinajstić information content (AvgIpc) is 3.18. The third-order valence-corrected chi connectivity index (χ3v) is 8.33. The van der Waals surface area contributed by atoms with Gasteiger partial charge in [-0.2, -0.15) is 0 Å². The molecule has 2 aliphatic rings. The van der Waals surface area contributed by atoms with Crippen molar-refractivity contribution < 1.29 is 18.3 Å². The highest BCUT2D eigenvalue weighted by molar-refractivity contribution is 7.92. The molecule has 1 heterocycles. The zero-order valence-corrected chi connectivity index (χ0v) is 20.8. The van der Waals surface area contributed by atoms with Crippen LogP contribution < -0.4 is 10.0 Å². The Kier molecular flexibility index (Phi) is 6.73. The van der Waals surface area contributed by atoms with Crippen LogP contribution in [0.1, 0.15) is 54.6 Å². The van der Waals surface area contributed by atoms with Crippen LogP contribution in [-0.2, 0) is 21.9 Å². The lowest BCUT2D eigenvalue weighted by Crippen LogP contribution is -2.27. The third kappa shape index (κ3) is 4.83. The Bertz CT molecular complexity index is 1220. The number of carboxylic acids is 1. The first kappa shape index (κ1) is 24.3. The molecule has 3 N–H and O–H groups in total. The molecule has 0 spiro atoms. The molecule has 4 rings (SSSR count). The predicted octanol–water partition coefficient (Wildman–Crippen LogP) is 4.47. The minimum atomic E-state index is -4.03. The summed E-state index contributed by atoms with van der Waals surface area (Å²) in [6.45, 7) is 5.63. The van der Waals surface area contributed by atoms with E-state index in [9.17, 15) is 18.3 Å². The lowest BCUT2D eigenvalue weighted by atomic mass is 9.74. The second kappa shape index (κ2) is 9.43. The number of hydrogen-bond acceptors (Lipinski definition) is 5. The minimum Gasteiger partial charge on any atom is -0.478 e. The SMILES string of the molecule is CN1CCCC1CCNc1ccccc1S(=O)(=O)Nc1ccc2c(c1C(=O)O)C(C)(C)C=CC2. The van der Waals surface area contributed by atoms with Crippen LogP contribution in [0.3, 0.4) is 0 Å². The van der Waals surface area contributed by atoms with E-state index >= 15 is 0 Å². The second-order valence-corrected chi connectivity index (χ2v) is 11.4. The van der Waals surface area contributed by atoms with Gasteiger partial charge in [0.2, 0.25) is 0 Å². The summed E-state index contributed by atoms with van der Waals surface area (Å²) in [5, 5.41) is 13.3. The Morgan fingerprint density at radius 3 is 2.65 bits per heavy atom. The zero-order chi connectivity index (χ0) is 24.5. The number of likely N-dealkylation sites (tertiary alicyclic amines) is 1. The Balaban J connectivity index is 1.62. The molecular formula is C26H33N3O4S. The molecule has 8 heteroatoms. The van der Waals surface area contributed by atoms with E-state index in [2.05, 4.69) is 22.0 Å². The molecule has 0 radical (unpaired) electrons. The predicted molar refractivity (Wildman–Crippen MR) is 135 cm³/mol. The fourth-order valence-corrected chi connectivity index (χ4v) is 6.44. The van der Waals surface area contributed by atoms with Crippen LogP contribution in [0.5, 0.6) is 0 Å². The second-order valence-electron chi connectivity index (χ2n) is 9.75. The van der Waals surface area contributed by atoms with Crippen molar-refractivity contribution in [1.29, 1.82) is 0 Å². The number of aromatic carboxylic acids is 1. The highest BCUT2D eigenvalue weighted by atomic mass is 32.2. The van der Waals surface area contributed by atoms with E-state index in [0.29, 0.717) is 30.3 Å². The van der Waals surface area contributed by atoms with E-state index in [1.807, 2.05) is 32.1 Å². The molecule has 0 saturated carbocycles. The van der Waals surface area contributed by atoms with Crippen molar-refractivity contribution in [2.45, 2.75) is 55.9 Å². The molecule has 0 amide bonds. The molecule has 1 fully saturated rings. The lowest BCUT2D eigenvalue weighted by molar-refractivity contribution is 0.0695. The number of anilines is 2. The Labute approximate surface area is 201 Å². The summed E-state index contributed by atoms with van der Waals surface area (Å²) in [4.78, 5) is 14.7. The summed E-state index contributed by atoms with van der Waals surface area (Å²) < 4.78 is 29.4. The van der Waals surface area contributed by atoms with Gasteiger partial charge >= 0.3 is 5.97 Å². The quantitative estimate of drug-likeness (QED) is 0.479. The van der Waals surface area contributed by atoms with Gasteiger partial charge in [-0.05, 0) is 68.6 Å². The average molecular weight is 484 g/mol. The van der Waals surface area contributed by atoms with Gasteiger partial charge in [-0.3, -0.25) is 4.72 Å². The molecule has 1 atom stereocenters. The highest BCUT2D eigenvalue weighted by Crippen LogP contribution is 2.39. The number of carbonyl (C=O) groups is 1. The standard InChI is InChI=1S/C26H33N3O4S/c1-26(2)15-6-8-18-12-13-21(23(24(18)26)25(30)31)28-34(32,33)22-11-5-4-10-20(22)27-16-14-19-9-7-17-29(19)3/h4-6,10-13,15,19,27-28H,7-9,14,16-17H2,1-3H3,(H,30,31). The van der Waals surface area contributed by atoms with Gasteiger partial charge in [0.25, 0.3) is 10.0 Å². The fraction of sp³-hybridized carbons (Fsp3) is 0.423. The molecule has 1 saturated heterocycles. The number of para-hydroxylation sites is 1. The first-order chi connectivity index (χ1) is 16.1. The fourth-order valence-electron chi connectivity index (χ4n) is 5.19. The van der Waals surface area contributed by atoms with Gasteiger partial charge in [0.1, 0.15) is 4.90 Å². The number of sulfonamides is 1. The first-order valence-electron chi connectivity index (χ1n) is 11.7. The molecular weight excluding hydrogens is 450 g/mol. The molecule has 2 aromatic rings. The maximum Gasteiger partial charge on any atom is 0.338 e. The highest BCUT2D eigenvalue weighted by Gasteiger charge is 2.32. The molecule has 2 aromatic carbocycles. The van der Waals surface area contributed by atoms with Crippen molar-refractivity contribution >= 4 is 27.4 Å². The van der Waals surface area contributed by atoms with Crippen molar-refractivity contribution in [3.8, 4) is 0 Å². The third-order valence-electron chi connectivity index (χ3n) is 6.91. The molecule has 0 aromatic heterocycles. The number of rotatable bonds is 8. The molecule has 7 nitrogen and oxygen atoms in total. The summed E-state index contributed by atoms with van der Waals surface area (Å²) in [6, 6.07) is 10.6. The van der Waals surface area contributed by atoms with Crippen LogP contribution in [0, 0.1) is 0 Å². The van der Waals surface area contributed by atoms with Crippen LogP contribution in [0.15, 0.2) is 53.4 Å². The topological polar surface area (TPSA) is 98.7 Å². The first-order valence-corrected chi connectivity index (χ1v) is 13.2. The number of nitrogens with one attached hydrogen (secondary N) is 2. The molecule has 1 aliphatic heterocycles. The normalized spacial score (nSPS) is 19.6. The smallest absolute Gasteiger partial charge is 0.338 e. The van der Waals surface area contributed by atoms with E-state index in [0.717, 1.165) is 24.9 Å². The Hall–Kier alpha value is -2.84. The van der Waals surface area contributed by atoms with E-state index in [-0.39, 0.29) is 16.1 Å². The number of carboxylic acid groups (broad SMARTS) is 1. The van der Waals surface area contributed by atoms with E-state index in [4.69, 9.17) is 0 Å². The Morgan fingerprint density at radius 1 is 1.18 bits per heavy atom. The van der Waals surface area contributed by atoms with Crippen LogP contribution in [-0.4, -0.2) is 50.6 Å². The summed E-state index contributed by atoms with van der Waals surface area (Å²) in [5.74, 6) is -1.15. The van der Waals surface area contributed by atoms with Crippen LogP contribution in [0.2, 0.25) is 0 Å². The molecule has 0 bridgehead atoms. The summed E-state index contributed by atoms with van der Waals surface area (Å²) in [6.07, 6.45) is 7.88. The van der Waals surface area contributed by atoms with Gasteiger partial charge in [0.05, 0.1) is 16.9 Å². The molecule has 1 aliphatic carbocycles. The lowest BCUT2D eigenvalue weighted by Gasteiger charge is -2.30. The summed E-state index contributed by atoms with van der Waals surface area (Å²) in [5.41, 5.74) is 1.62. The number of allylic oxidation sites excluding steroid dienone is 2. The van der Waals surface area contributed by atoms with Crippen LogP contribution >= 0.6 is 0 Å². The number of benzene rings is 2. The van der Waals surface area contributed by atoms with Crippen molar-refractivity contribution in [3.05, 3.63) is 65.2 Å². The van der Waals surface area contributed by atoms with Gasteiger partial charge in [-0.1, -0.05) is 44.2 Å². The molecule has 182 valence electrons. The van der Waals surface area contributed by atoms with Crippen LogP contribution in [0.4, 0.5) is 11.4 Å². The number of nitrogens with zero attached hydrogens (tertiary/aromatic N) is 1. The monoisotopic (exact) mass is 483 g/mol. The summed E-state index contributed by atoms with van der Waals surface area (Å²) >= 11 is 0. The maximum atomic E-state index is 13.4. The van der Waals surface area contributed by atoms with E-state index in [1.54, 1.807) is 24.3 Å². The van der Waals surface area contributed by atoms with Gasteiger partial charge in [0.15, 0.2) is 0 Å². The van der Waals surface area contributed by atoms with Crippen molar-refractivity contribution in [3.63, 3.8) is 0 Å². The van der Waals surface area contributed by atoms with Crippen LogP contribution in [0.25, 0.3) is 0 Å². The number of hydrogen-bond donors (Lipinski definition) is 3. The molecule has 34 heavy (non-hydrogen) atoms. The van der Waals surface area contributed by atoms with E-state index in [1.165, 1.54) is 12.5 Å². The summed E-state index contributed by atoms with van der Waals surface area (Å²) in [7, 11) is -1.91. The maximum absolute atomic E-state index is 13.4. The molecule has 1 unspecified atom stereocenters. The number of fused-ring (bicyclic) bond motifs is 1.